The van der Waals surface area contributed by atoms with Gasteiger partial charge >= 0.3 is 0 Å². The Morgan fingerprint density at radius 3 is 2.41 bits per heavy atom. The second kappa shape index (κ2) is 11.1. The summed E-state index contributed by atoms with van der Waals surface area (Å²) in [6.07, 6.45) is 0.680. The molecule has 7 heteroatoms. The Hall–Kier alpha value is -3.45. The molecule has 6 nitrogen and oxygen atoms in total. The Bertz CT molecular complexity index is 1140. The summed E-state index contributed by atoms with van der Waals surface area (Å²) in [6.45, 7) is 1.09. The molecular weight excluding hydrogens is 448 g/mol. The van der Waals surface area contributed by atoms with Gasteiger partial charge in [0.15, 0.2) is 11.5 Å². The number of carbonyl (C=O) groups is 2. The van der Waals surface area contributed by atoms with Gasteiger partial charge in [-0.2, -0.15) is 0 Å². The fraction of sp³-hybridized carbons (Fsp3) is 0.259. The molecule has 176 valence electrons. The van der Waals surface area contributed by atoms with Gasteiger partial charge in [-0.3, -0.25) is 9.59 Å². The van der Waals surface area contributed by atoms with Crippen LogP contribution in [0.5, 0.6) is 11.5 Å². The molecule has 1 aliphatic rings. The monoisotopic (exact) mass is 476 g/mol. The summed E-state index contributed by atoms with van der Waals surface area (Å²) < 4.78 is 10.6. The van der Waals surface area contributed by atoms with Crippen LogP contribution in [0, 0.1) is 0 Å². The number of ether oxygens (including phenoxy) is 2. The number of hydrogen-bond acceptors (Lipinski definition) is 5. The molecule has 0 saturated carbocycles. The van der Waals surface area contributed by atoms with Crippen LogP contribution in [0.3, 0.4) is 0 Å². The van der Waals surface area contributed by atoms with Crippen molar-refractivity contribution in [1.29, 1.82) is 0 Å². The van der Waals surface area contributed by atoms with Crippen LogP contribution in [0.4, 0.5) is 0 Å². The zero-order valence-corrected chi connectivity index (χ0v) is 20.1. The van der Waals surface area contributed by atoms with E-state index in [1.807, 2.05) is 77.7 Å². The fourth-order valence-electron chi connectivity index (χ4n) is 3.94. The Balaban J connectivity index is 1.34. The van der Waals surface area contributed by atoms with E-state index in [2.05, 4.69) is 5.32 Å². The van der Waals surface area contributed by atoms with E-state index >= 15 is 0 Å². The molecule has 2 amide bonds. The van der Waals surface area contributed by atoms with Crippen molar-refractivity contribution in [1.82, 2.24) is 10.2 Å². The van der Waals surface area contributed by atoms with E-state index in [9.17, 15) is 9.59 Å². The number of carbonyl (C=O) groups excluding carboxylic acids is 2. The molecular formula is C27H28N2O4S. The van der Waals surface area contributed by atoms with E-state index in [1.165, 1.54) is 0 Å². The predicted octanol–water partition coefficient (Wildman–Crippen LogP) is 4.45. The van der Waals surface area contributed by atoms with Gasteiger partial charge in [0.2, 0.25) is 5.91 Å². The molecule has 0 aromatic heterocycles. The Kier molecular flexibility index (Phi) is 7.75. The third kappa shape index (κ3) is 5.54. The van der Waals surface area contributed by atoms with Gasteiger partial charge in [0.05, 0.1) is 20.0 Å². The first-order valence-corrected chi connectivity index (χ1v) is 12.2. The molecule has 4 rings (SSSR count). The summed E-state index contributed by atoms with van der Waals surface area (Å²) in [5, 5.41) is 2.92. The van der Waals surface area contributed by atoms with Crippen molar-refractivity contribution in [2.75, 3.05) is 26.5 Å². The minimum atomic E-state index is -0.122. The van der Waals surface area contributed by atoms with E-state index in [0.29, 0.717) is 42.3 Å². The average Bonchev–Trinajstić information content (AvgIpc) is 3.24. The summed E-state index contributed by atoms with van der Waals surface area (Å²) in [7, 11) is 3.21. The second-order valence-electron chi connectivity index (χ2n) is 7.99. The largest absolute Gasteiger partial charge is 0.493 e. The molecule has 34 heavy (non-hydrogen) atoms. The van der Waals surface area contributed by atoms with Crippen LogP contribution >= 0.6 is 11.8 Å². The van der Waals surface area contributed by atoms with Crippen LogP contribution in [0.25, 0.3) is 0 Å². The van der Waals surface area contributed by atoms with E-state index in [0.717, 1.165) is 16.7 Å². The standard InChI is InChI=1S/C27H28N2O4S/c1-32-23-13-8-19(16-24(23)33-2)14-15-28-26(31)21-9-11-22(12-10-21)27-29(25(30)18-34-27)17-20-6-4-3-5-7-20/h3-13,16,27H,14-15,17-18H2,1-2H3,(H,28,31)/t27-/m0/s1. The van der Waals surface area contributed by atoms with E-state index in [4.69, 9.17) is 9.47 Å². The van der Waals surface area contributed by atoms with E-state index in [1.54, 1.807) is 26.0 Å². The molecule has 0 spiro atoms. The van der Waals surface area contributed by atoms with Gasteiger partial charge in [0, 0.05) is 18.7 Å². The highest BCUT2D eigenvalue weighted by atomic mass is 32.2. The summed E-state index contributed by atoms with van der Waals surface area (Å²) in [5.74, 6) is 1.83. The number of benzene rings is 3. The van der Waals surface area contributed by atoms with Crippen molar-refractivity contribution < 1.29 is 19.1 Å². The van der Waals surface area contributed by atoms with Gasteiger partial charge in [0.1, 0.15) is 5.37 Å². The van der Waals surface area contributed by atoms with Gasteiger partial charge in [-0.05, 0) is 47.4 Å². The summed E-state index contributed by atoms with van der Waals surface area (Å²) in [5.41, 5.74) is 3.78. The maximum absolute atomic E-state index is 12.6. The van der Waals surface area contributed by atoms with Crippen molar-refractivity contribution in [3.63, 3.8) is 0 Å². The Morgan fingerprint density at radius 1 is 0.971 bits per heavy atom. The van der Waals surface area contributed by atoms with Crippen molar-refractivity contribution in [3.05, 3.63) is 95.1 Å². The number of nitrogens with one attached hydrogen (secondary N) is 1. The lowest BCUT2D eigenvalue weighted by atomic mass is 10.1. The van der Waals surface area contributed by atoms with Crippen LogP contribution in [0.15, 0.2) is 72.8 Å². The zero-order valence-electron chi connectivity index (χ0n) is 19.3. The molecule has 0 radical (unpaired) electrons. The highest BCUT2D eigenvalue weighted by molar-refractivity contribution is 8.00. The third-order valence-electron chi connectivity index (χ3n) is 5.77. The SMILES string of the molecule is COc1ccc(CCNC(=O)c2ccc([C@@H]3SCC(=O)N3Cc3ccccc3)cc2)cc1OC. The molecule has 0 aliphatic carbocycles. The van der Waals surface area contributed by atoms with Crippen molar-refractivity contribution in [3.8, 4) is 11.5 Å². The first kappa shape index (κ1) is 23.7. The maximum atomic E-state index is 12.6. The minimum absolute atomic E-state index is 0.0464. The van der Waals surface area contributed by atoms with Gasteiger partial charge in [-0.1, -0.05) is 48.5 Å². The van der Waals surface area contributed by atoms with Crippen molar-refractivity contribution in [2.45, 2.75) is 18.3 Å². The van der Waals surface area contributed by atoms with Gasteiger partial charge in [0.25, 0.3) is 5.91 Å². The zero-order chi connectivity index (χ0) is 23.9. The van der Waals surface area contributed by atoms with Gasteiger partial charge in [-0.15, -0.1) is 11.8 Å². The van der Waals surface area contributed by atoms with Crippen LogP contribution in [-0.2, 0) is 17.8 Å². The third-order valence-corrected chi connectivity index (χ3v) is 7.03. The summed E-state index contributed by atoms with van der Waals surface area (Å²) in [4.78, 5) is 27.0. The van der Waals surface area contributed by atoms with Crippen LogP contribution < -0.4 is 14.8 Å². The minimum Gasteiger partial charge on any atom is -0.493 e. The highest BCUT2D eigenvalue weighted by Gasteiger charge is 2.32. The topological polar surface area (TPSA) is 67.9 Å². The molecule has 3 aromatic carbocycles. The van der Waals surface area contributed by atoms with Crippen LogP contribution in [-0.4, -0.2) is 43.2 Å². The molecule has 0 bridgehead atoms. The quantitative estimate of drug-likeness (QED) is 0.494. The first-order chi connectivity index (χ1) is 16.6. The molecule has 3 aromatic rings. The lowest BCUT2D eigenvalue weighted by Crippen LogP contribution is -2.28. The maximum Gasteiger partial charge on any atom is 0.251 e. The van der Waals surface area contributed by atoms with Gasteiger partial charge in [-0.25, -0.2) is 0 Å². The van der Waals surface area contributed by atoms with Crippen LogP contribution in [0.1, 0.15) is 32.4 Å². The smallest absolute Gasteiger partial charge is 0.251 e. The number of rotatable bonds is 9. The normalized spacial score (nSPS) is 15.3. The molecule has 1 fully saturated rings. The summed E-state index contributed by atoms with van der Waals surface area (Å²) >= 11 is 1.62. The van der Waals surface area contributed by atoms with E-state index in [-0.39, 0.29) is 17.2 Å². The van der Waals surface area contributed by atoms with Gasteiger partial charge < -0.3 is 19.7 Å². The predicted molar refractivity (Wildman–Crippen MR) is 134 cm³/mol. The number of nitrogens with zero attached hydrogens (tertiary/aromatic N) is 1. The molecule has 1 N–H and O–H groups in total. The molecule has 1 saturated heterocycles. The molecule has 1 aliphatic heterocycles. The highest BCUT2D eigenvalue weighted by Crippen LogP contribution is 2.39. The average molecular weight is 477 g/mol. The first-order valence-electron chi connectivity index (χ1n) is 11.1. The lowest BCUT2D eigenvalue weighted by Gasteiger charge is -2.24. The van der Waals surface area contributed by atoms with E-state index < -0.39 is 0 Å². The van der Waals surface area contributed by atoms with Crippen molar-refractivity contribution >= 4 is 23.6 Å². The fourth-order valence-corrected chi connectivity index (χ4v) is 5.13. The molecule has 1 atom stereocenters. The number of hydrogen-bond donors (Lipinski definition) is 1. The van der Waals surface area contributed by atoms with Crippen molar-refractivity contribution in [2.24, 2.45) is 0 Å². The number of amides is 2. The Labute approximate surface area is 204 Å². The second-order valence-corrected chi connectivity index (χ2v) is 9.06. The number of thioether (sulfide) groups is 1. The number of methoxy groups -OCH3 is 2. The molecule has 1 heterocycles. The summed E-state index contributed by atoms with van der Waals surface area (Å²) in [6, 6.07) is 23.3. The lowest BCUT2D eigenvalue weighted by molar-refractivity contribution is -0.128. The Morgan fingerprint density at radius 2 is 1.71 bits per heavy atom. The van der Waals surface area contributed by atoms with Crippen LogP contribution in [0.2, 0.25) is 0 Å². The molecule has 0 unspecified atom stereocenters.